The summed E-state index contributed by atoms with van der Waals surface area (Å²) >= 11 is 1.65. The number of ether oxygens (including phenoxy) is 1. The molecule has 1 aromatic heterocycles. The van der Waals surface area contributed by atoms with E-state index < -0.39 is 0 Å². The van der Waals surface area contributed by atoms with Gasteiger partial charge in [-0.25, -0.2) is 9.37 Å². The molecule has 0 fully saturated rings. The molecule has 1 aliphatic heterocycles. The average Bonchev–Trinajstić information content (AvgIpc) is 2.82. The van der Waals surface area contributed by atoms with Gasteiger partial charge in [-0.15, -0.1) is 11.3 Å². The van der Waals surface area contributed by atoms with E-state index in [4.69, 9.17) is 4.74 Å². The third kappa shape index (κ3) is 2.00. The van der Waals surface area contributed by atoms with Gasteiger partial charge in [-0.1, -0.05) is 0 Å². The molecular formula is C13H13FN2OS. The van der Waals surface area contributed by atoms with E-state index in [1.54, 1.807) is 17.4 Å². The second kappa shape index (κ2) is 4.66. The fraction of sp³-hybridized carbons (Fsp3) is 0.308. The molecule has 94 valence electrons. The smallest absolute Gasteiger partial charge is 0.165 e. The Labute approximate surface area is 109 Å². The highest BCUT2D eigenvalue weighted by atomic mass is 32.1. The highest BCUT2D eigenvalue weighted by Gasteiger charge is 2.16. The summed E-state index contributed by atoms with van der Waals surface area (Å²) in [6, 6.07) is 4.97. The number of hydrogen-bond donors (Lipinski definition) is 1. The van der Waals surface area contributed by atoms with Gasteiger partial charge in [-0.05, 0) is 24.6 Å². The van der Waals surface area contributed by atoms with E-state index in [9.17, 15) is 4.39 Å². The Morgan fingerprint density at radius 2 is 2.33 bits per heavy atom. The zero-order valence-electron chi connectivity index (χ0n) is 10.00. The average molecular weight is 264 g/mol. The van der Waals surface area contributed by atoms with Gasteiger partial charge < -0.3 is 10.1 Å². The van der Waals surface area contributed by atoms with Crippen LogP contribution < -0.4 is 10.1 Å². The molecule has 3 rings (SSSR count). The first-order valence-corrected chi connectivity index (χ1v) is 6.63. The fourth-order valence-electron chi connectivity index (χ4n) is 2.05. The van der Waals surface area contributed by atoms with Crippen LogP contribution in [-0.2, 0) is 13.0 Å². The van der Waals surface area contributed by atoms with Crippen LogP contribution in [0.15, 0.2) is 18.2 Å². The Bertz CT molecular complexity index is 559. The van der Waals surface area contributed by atoms with Crippen LogP contribution in [0.2, 0.25) is 0 Å². The Balaban J connectivity index is 1.99. The molecule has 0 spiro atoms. The van der Waals surface area contributed by atoms with Gasteiger partial charge in [0.2, 0.25) is 0 Å². The molecule has 0 saturated heterocycles. The lowest BCUT2D eigenvalue weighted by Gasteiger charge is -2.09. The second-order valence-corrected chi connectivity index (χ2v) is 5.25. The van der Waals surface area contributed by atoms with E-state index in [2.05, 4.69) is 10.3 Å². The van der Waals surface area contributed by atoms with Crippen molar-refractivity contribution in [3.63, 3.8) is 0 Å². The number of benzene rings is 1. The van der Waals surface area contributed by atoms with E-state index in [-0.39, 0.29) is 11.6 Å². The Kier molecular flexibility index (Phi) is 3.01. The summed E-state index contributed by atoms with van der Waals surface area (Å²) in [6.07, 6.45) is 1.01. The number of rotatable bonds is 2. The number of aromatic nitrogens is 1. The van der Waals surface area contributed by atoms with E-state index in [0.717, 1.165) is 35.8 Å². The molecule has 1 N–H and O–H groups in total. The third-order valence-electron chi connectivity index (χ3n) is 3.00. The summed E-state index contributed by atoms with van der Waals surface area (Å²) in [6.45, 7) is 1.80. The van der Waals surface area contributed by atoms with Gasteiger partial charge in [-0.2, -0.15) is 0 Å². The van der Waals surface area contributed by atoms with Crippen molar-refractivity contribution in [3.8, 4) is 16.3 Å². The molecular weight excluding hydrogens is 251 g/mol. The summed E-state index contributed by atoms with van der Waals surface area (Å²) in [7, 11) is 1.46. The van der Waals surface area contributed by atoms with Gasteiger partial charge in [-0.3, -0.25) is 0 Å². The van der Waals surface area contributed by atoms with Crippen molar-refractivity contribution in [1.82, 2.24) is 10.3 Å². The molecule has 1 aromatic carbocycles. The zero-order valence-corrected chi connectivity index (χ0v) is 10.8. The van der Waals surface area contributed by atoms with Crippen LogP contribution >= 0.6 is 11.3 Å². The highest BCUT2D eigenvalue weighted by Crippen LogP contribution is 2.31. The third-order valence-corrected chi connectivity index (χ3v) is 4.20. The number of nitrogens with one attached hydrogen (secondary N) is 1. The van der Waals surface area contributed by atoms with Crippen molar-refractivity contribution in [2.24, 2.45) is 0 Å². The van der Waals surface area contributed by atoms with Crippen LogP contribution in [0.5, 0.6) is 5.75 Å². The van der Waals surface area contributed by atoms with Crippen molar-refractivity contribution in [2.75, 3.05) is 13.7 Å². The maximum absolute atomic E-state index is 13.7. The Morgan fingerprint density at radius 3 is 3.06 bits per heavy atom. The van der Waals surface area contributed by atoms with Crippen molar-refractivity contribution in [1.29, 1.82) is 0 Å². The zero-order chi connectivity index (χ0) is 12.5. The van der Waals surface area contributed by atoms with Crippen LogP contribution in [0.25, 0.3) is 10.6 Å². The van der Waals surface area contributed by atoms with Crippen molar-refractivity contribution in [3.05, 3.63) is 34.6 Å². The van der Waals surface area contributed by atoms with Crippen LogP contribution in [0.3, 0.4) is 0 Å². The molecule has 2 aromatic rings. The summed E-state index contributed by atoms with van der Waals surface area (Å²) in [4.78, 5) is 5.87. The largest absolute Gasteiger partial charge is 0.494 e. The first kappa shape index (κ1) is 11.6. The molecule has 0 saturated carbocycles. The molecule has 0 unspecified atom stereocenters. The minimum atomic E-state index is -0.346. The van der Waals surface area contributed by atoms with E-state index >= 15 is 0 Å². The number of thiazole rings is 1. The standard InChI is InChI=1S/C13H13FN2OS/c1-17-11-3-2-8(6-9(11)14)13-16-10-7-15-5-4-12(10)18-13/h2-3,6,15H,4-5,7H2,1H3. The summed E-state index contributed by atoms with van der Waals surface area (Å²) in [5.74, 6) is -0.0805. The van der Waals surface area contributed by atoms with Crippen LogP contribution in [0.4, 0.5) is 4.39 Å². The molecule has 3 nitrogen and oxygen atoms in total. The molecule has 2 heterocycles. The van der Waals surface area contributed by atoms with Gasteiger partial charge in [0.1, 0.15) is 5.01 Å². The first-order chi connectivity index (χ1) is 8.78. The Hall–Kier alpha value is -1.46. The molecule has 0 atom stereocenters. The number of methoxy groups -OCH3 is 1. The molecule has 0 aliphatic carbocycles. The minimum Gasteiger partial charge on any atom is -0.494 e. The van der Waals surface area contributed by atoms with Gasteiger partial charge in [0.15, 0.2) is 11.6 Å². The predicted molar refractivity (Wildman–Crippen MR) is 69.5 cm³/mol. The predicted octanol–water partition coefficient (Wildman–Crippen LogP) is 2.60. The first-order valence-electron chi connectivity index (χ1n) is 5.81. The van der Waals surface area contributed by atoms with Crippen LogP contribution in [0.1, 0.15) is 10.6 Å². The van der Waals surface area contributed by atoms with E-state index in [1.807, 2.05) is 6.07 Å². The van der Waals surface area contributed by atoms with E-state index in [0.29, 0.717) is 0 Å². The molecule has 1 aliphatic rings. The lowest BCUT2D eigenvalue weighted by atomic mass is 10.2. The molecule has 0 bridgehead atoms. The number of fused-ring (bicyclic) bond motifs is 1. The Morgan fingerprint density at radius 1 is 1.44 bits per heavy atom. The monoisotopic (exact) mass is 264 g/mol. The SMILES string of the molecule is COc1ccc(-c2nc3c(s2)CCNC3)cc1F. The maximum atomic E-state index is 13.7. The molecule has 0 amide bonds. The lowest BCUT2D eigenvalue weighted by molar-refractivity contribution is 0.386. The van der Waals surface area contributed by atoms with Gasteiger partial charge in [0, 0.05) is 23.5 Å². The van der Waals surface area contributed by atoms with Crippen molar-refractivity contribution >= 4 is 11.3 Å². The summed E-state index contributed by atoms with van der Waals surface area (Å²) < 4.78 is 18.6. The topological polar surface area (TPSA) is 34.1 Å². The van der Waals surface area contributed by atoms with E-state index in [1.165, 1.54) is 18.1 Å². The second-order valence-electron chi connectivity index (χ2n) is 4.16. The van der Waals surface area contributed by atoms with Gasteiger partial charge >= 0.3 is 0 Å². The number of nitrogens with zero attached hydrogens (tertiary/aromatic N) is 1. The fourth-order valence-corrected chi connectivity index (χ4v) is 3.12. The highest BCUT2D eigenvalue weighted by molar-refractivity contribution is 7.15. The molecule has 18 heavy (non-hydrogen) atoms. The lowest BCUT2D eigenvalue weighted by Crippen LogP contribution is -2.22. The van der Waals surface area contributed by atoms with Crippen molar-refractivity contribution in [2.45, 2.75) is 13.0 Å². The maximum Gasteiger partial charge on any atom is 0.165 e. The van der Waals surface area contributed by atoms with Crippen LogP contribution in [-0.4, -0.2) is 18.6 Å². The summed E-state index contributed by atoms with van der Waals surface area (Å²) in [5.41, 5.74) is 1.91. The van der Waals surface area contributed by atoms with Gasteiger partial charge in [0.05, 0.1) is 12.8 Å². The number of hydrogen-bond acceptors (Lipinski definition) is 4. The minimum absolute atomic E-state index is 0.265. The quantitative estimate of drug-likeness (QED) is 0.905. The molecule has 0 radical (unpaired) electrons. The number of halogens is 1. The van der Waals surface area contributed by atoms with Gasteiger partial charge in [0.25, 0.3) is 0 Å². The van der Waals surface area contributed by atoms with Crippen LogP contribution in [0, 0.1) is 5.82 Å². The van der Waals surface area contributed by atoms with Crippen molar-refractivity contribution < 1.29 is 9.13 Å². The summed E-state index contributed by atoms with van der Waals surface area (Å²) in [5, 5.41) is 4.17. The normalized spacial score (nSPS) is 14.3. The molecule has 5 heteroatoms.